The van der Waals surface area contributed by atoms with Crippen LogP contribution in [-0.4, -0.2) is 4.57 Å². The molecule has 0 bridgehead atoms. The molecule has 0 saturated heterocycles. The zero-order valence-corrected chi connectivity index (χ0v) is 17.0. The molecule has 0 aliphatic heterocycles. The predicted molar refractivity (Wildman–Crippen MR) is 130 cm³/mol. The number of allylic oxidation sites excluding steroid dienone is 3. The maximum atomic E-state index is 3.85. The standard InChI is InChI=1S/C29H23N/c1-3-10-21(2)23-15-17-28-26(19-23)27-20-24(22-11-6-4-7-12-22)16-18-29(27)30(28)25-13-8-5-9-14-25/h3-20H,1H2,2H3/b21-10+. The Labute approximate surface area is 177 Å². The molecule has 0 atom stereocenters. The minimum Gasteiger partial charge on any atom is -0.309 e. The summed E-state index contributed by atoms with van der Waals surface area (Å²) in [6.45, 7) is 5.98. The molecule has 0 radical (unpaired) electrons. The number of rotatable bonds is 4. The number of para-hydroxylation sites is 1. The van der Waals surface area contributed by atoms with E-state index in [0.717, 1.165) is 0 Å². The van der Waals surface area contributed by atoms with Gasteiger partial charge in [0.25, 0.3) is 0 Å². The second kappa shape index (κ2) is 7.53. The lowest BCUT2D eigenvalue weighted by Gasteiger charge is -2.08. The van der Waals surface area contributed by atoms with Gasteiger partial charge in [0.1, 0.15) is 0 Å². The van der Waals surface area contributed by atoms with Crippen LogP contribution < -0.4 is 0 Å². The molecule has 1 nitrogen and oxygen atoms in total. The van der Waals surface area contributed by atoms with Crippen molar-refractivity contribution in [2.45, 2.75) is 6.92 Å². The van der Waals surface area contributed by atoms with Crippen LogP contribution in [-0.2, 0) is 0 Å². The van der Waals surface area contributed by atoms with Crippen LogP contribution in [0.5, 0.6) is 0 Å². The summed E-state index contributed by atoms with van der Waals surface area (Å²) in [7, 11) is 0. The molecular formula is C29H23N. The van der Waals surface area contributed by atoms with E-state index in [4.69, 9.17) is 0 Å². The second-order valence-electron chi connectivity index (χ2n) is 7.59. The van der Waals surface area contributed by atoms with Crippen LogP contribution in [0.2, 0.25) is 0 Å². The Kier molecular flexibility index (Phi) is 4.57. The van der Waals surface area contributed by atoms with E-state index in [2.05, 4.69) is 121 Å². The van der Waals surface area contributed by atoms with E-state index in [1.165, 1.54) is 49.8 Å². The van der Waals surface area contributed by atoms with Crippen molar-refractivity contribution < 1.29 is 0 Å². The first-order valence-electron chi connectivity index (χ1n) is 10.2. The molecule has 0 fully saturated rings. The number of hydrogen-bond donors (Lipinski definition) is 0. The van der Waals surface area contributed by atoms with Crippen LogP contribution in [0.3, 0.4) is 0 Å². The highest BCUT2D eigenvalue weighted by molar-refractivity contribution is 6.11. The Balaban J connectivity index is 1.85. The SMILES string of the molecule is C=C/C=C(\C)c1ccc2c(c1)c1cc(-c3ccccc3)ccc1n2-c1ccccc1. The molecule has 0 saturated carbocycles. The van der Waals surface area contributed by atoms with E-state index < -0.39 is 0 Å². The van der Waals surface area contributed by atoms with Crippen molar-refractivity contribution in [2.24, 2.45) is 0 Å². The molecular weight excluding hydrogens is 362 g/mol. The van der Waals surface area contributed by atoms with Crippen molar-refractivity contribution in [2.75, 3.05) is 0 Å². The fourth-order valence-corrected chi connectivity index (χ4v) is 4.21. The number of fused-ring (bicyclic) bond motifs is 3. The normalized spacial score (nSPS) is 11.8. The van der Waals surface area contributed by atoms with Crippen LogP contribution in [0.15, 0.2) is 116 Å². The second-order valence-corrected chi connectivity index (χ2v) is 7.59. The zero-order chi connectivity index (χ0) is 20.5. The molecule has 144 valence electrons. The highest BCUT2D eigenvalue weighted by Gasteiger charge is 2.14. The third-order valence-electron chi connectivity index (χ3n) is 5.71. The van der Waals surface area contributed by atoms with Gasteiger partial charge in [-0.1, -0.05) is 79.4 Å². The van der Waals surface area contributed by atoms with Gasteiger partial charge < -0.3 is 4.57 Å². The van der Waals surface area contributed by atoms with Gasteiger partial charge in [-0.15, -0.1) is 0 Å². The van der Waals surface area contributed by atoms with Crippen molar-refractivity contribution in [3.8, 4) is 16.8 Å². The lowest BCUT2D eigenvalue weighted by Crippen LogP contribution is -1.93. The largest absolute Gasteiger partial charge is 0.309 e. The minimum atomic E-state index is 1.18. The molecule has 0 spiro atoms. The first-order chi connectivity index (χ1) is 14.8. The average molecular weight is 386 g/mol. The number of nitrogens with zero attached hydrogens (tertiary/aromatic N) is 1. The van der Waals surface area contributed by atoms with Gasteiger partial charge in [-0.25, -0.2) is 0 Å². The zero-order valence-electron chi connectivity index (χ0n) is 17.0. The van der Waals surface area contributed by atoms with E-state index >= 15 is 0 Å². The van der Waals surface area contributed by atoms with Crippen LogP contribution in [0, 0.1) is 0 Å². The van der Waals surface area contributed by atoms with Crippen LogP contribution >= 0.6 is 0 Å². The van der Waals surface area contributed by atoms with E-state index in [9.17, 15) is 0 Å². The minimum absolute atomic E-state index is 1.18. The summed E-state index contributed by atoms with van der Waals surface area (Å²) in [5.41, 5.74) is 8.52. The van der Waals surface area contributed by atoms with Crippen molar-refractivity contribution in [1.82, 2.24) is 4.57 Å². The molecule has 30 heavy (non-hydrogen) atoms. The van der Waals surface area contributed by atoms with Gasteiger partial charge in [0.05, 0.1) is 11.0 Å². The highest BCUT2D eigenvalue weighted by Crippen LogP contribution is 2.36. The Hall–Kier alpha value is -3.84. The number of aromatic nitrogens is 1. The van der Waals surface area contributed by atoms with Crippen LogP contribution in [0.1, 0.15) is 12.5 Å². The van der Waals surface area contributed by atoms with E-state index in [0.29, 0.717) is 0 Å². The van der Waals surface area contributed by atoms with E-state index in [1.807, 2.05) is 6.08 Å². The van der Waals surface area contributed by atoms with Crippen molar-refractivity contribution >= 4 is 27.4 Å². The van der Waals surface area contributed by atoms with Crippen LogP contribution in [0.25, 0.3) is 44.2 Å². The van der Waals surface area contributed by atoms with E-state index in [-0.39, 0.29) is 0 Å². The molecule has 1 heterocycles. The van der Waals surface area contributed by atoms with Crippen LogP contribution in [0.4, 0.5) is 0 Å². The fourth-order valence-electron chi connectivity index (χ4n) is 4.21. The van der Waals surface area contributed by atoms with Gasteiger partial charge in [-0.3, -0.25) is 0 Å². The molecule has 5 rings (SSSR count). The fraction of sp³-hybridized carbons (Fsp3) is 0.0345. The summed E-state index contributed by atoms with van der Waals surface area (Å²) in [6, 6.07) is 34.7. The van der Waals surface area contributed by atoms with Crippen molar-refractivity contribution in [3.05, 3.63) is 121 Å². The number of hydrogen-bond acceptors (Lipinski definition) is 0. The molecule has 1 heteroatoms. The average Bonchev–Trinajstić information content (AvgIpc) is 3.13. The summed E-state index contributed by atoms with van der Waals surface area (Å²) in [6.07, 6.45) is 3.91. The van der Waals surface area contributed by atoms with Crippen molar-refractivity contribution in [3.63, 3.8) is 0 Å². The first-order valence-corrected chi connectivity index (χ1v) is 10.2. The third-order valence-corrected chi connectivity index (χ3v) is 5.71. The summed E-state index contributed by atoms with van der Waals surface area (Å²) in [5.74, 6) is 0. The highest BCUT2D eigenvalue weighted by atomic mass is 15.0. The lowest BCUT2D eigenvalue weighted by molar-refractivity contribution is 1.18. The molecule has 4 aromatic carbocycles. The molecule has 0 N–H and O–H groups in total. The van der Waals surface area contributed by atoms with E-state index in [1.54, 1.807) is 0 Å². The maximum absolute atomic E-state index is 3.85. The molecule has 0 unspecified atom stereocenters. The summed E-state index contributed by atoms with van der Waals surface area (Å²) in [5, 5.41) is 2.53. The van der Waals surface area contributed by atoms with Crippen molar-refractivity contribution in [1.29, 1.82) is 0 Å². The summed E-state index contributed by atoms with van der Waals surface area (Å²) >= 11 is 0. The quantitative estimate of drug-likeness (QED) is 0.276. The Morgan fingerprint density at radius 1 is 0.700 bits per heavy atom. The third kappa shape index (κ3) is 3.05. The van der Waals surface area contributed by atoms with Gasteiger partial charge in [0.2, 0.25) is 0 Å². The van der Waals surface area contributed by atoms with Gasteiger partial charge in [-0.05, 0) is 65.6 Å². The Morgan fingerprint density at radius 2 is 1.33 bits per heavy atom. The van der Waals surface area contributed by atoms with Gasteiger partial charge >= 0.3 is 0 Å². The first kappa shape index (κ1) is 18.2. The predicted octanol–water partition coefficient (Wildman–Crippen LogP) is 8.04. The van der Waals surface area contributed by atoms with Gasteiger partial charge in [0, 0.05) is 16.5 Å². The smallest absolute Gasteiger partial charge is 0.0541 e. The Bertz CT molecular complexity index is 1390. The number of benzene rings is 4. The summed E-state index contributed by atoms with van der Waals surface area (Å²) < 4.78 is 2.36. The monoisotopic (exact) mass is 385 g/mol. The van der Waals surface area contributed by atoms with Gasteiger partial charge in [-0.2, -0.15) is 0 Å². The summed E-state index contributed by atoms with van der Waals surface area (Å²) in [4.78, 5) is 0. The molecule has 1 aromatic heterocycles. The molecule has 0 aliphatic carbocycles. The maximum Gasteiger partial charge on any atom is 0.0541 e. The molecule has 0 aliphatic rings. The molecule has 5 aromatic rings. The topological polar surface area (TPSA) is 4.93 Å². The molecule has 0 amide bonds. The Morgan fingerprint density at radius 3 is 2.03 bits per heavy atom. The van der Waals surface area contributed by atoms with Gasteiger partial charge in [0.15, 0.2) is 0 Å². The lowest BCUT2D eigenvalue weighted by atomic mass is 10.0.